The summed E-state index contributed by atoms with van der Waals surface area (Å²) in [4.78, 5) is 0. The summed E-state index contributed by atoms with van der Waals surface area (Å²) >= 11 is 15.2. The van der Waals surface area contributed by atoms with Gasteiger partial charge in [0.1, 0.15) is 5.82 Å². The molecule has 0 aromatic heterocycles. The molecule has 0 heterocycles. The van der Waals surface area contributed by atoms with Crippen molar-refractivity contribution in [2.24, 2.45) is 5.73 Å². The van der Waals surface area contributed by atoms with Gasteiger partial charge in [0.05, 0.1) is 11.1 Å². The highest BCUT2D eigenvalue weighted by Crippen LogP contribution is 2.28. The smallest absolute Gasteiger partial charge is 0.126 e. The molecule has 0 saturated carbocycles. The lowest BCUT2D eigenvalue weighted by atomic mass is 10.1. The third kappa shape index (κ3) is 3.85. The molecule has 2 aromatic rings. The van der Waals surface area contributed by atoms with Crippen LogP contribution in [0.4, 0.5) is 10.1 Å². The van der Waals surface area contributed by atoms with Crippen molar-refractivity contribution in [2.45, 2.75) is 6.04 Å². The van der Waals surface area contributed by atoms with E-state index in [9.17, 15) is 4.39 Å². The molecule has 2 rings (SSSR count). The van der Waals surface area contributed by atoms with Crippen LogP contribution in [0.3, 0.4) is 0 Å². The fourth-order valence-electron chi connectivity index (χ4n) is 1.85. The van der Waals surface area contributed by atoms with E-state index in [0.29, 0.717) is 22.3 Å². The number of hydrogen-bond donors (Lipinski definition) is 2. The Balaban J connectivity index is 2.26. The van der Waals surface area contributed by atoms with Gasteiger partial charge in [0.25, 0.3) is 0 Å². The molecule has 0 aliphatic heterocycles. The molecule has 106 valence electrons. The Bertz CT molecular complexity index is 602. The molecule has 0 fully saturated rings. The molecular weight excluding hydrogens is 366 g/mol. The Morgan fingerprint density at radius 1 is 1.20 bits per heavy atom. The fraction of sp³-hybridized carbons (Fsp3) is 0.143. The van der Waals surface area contributed by atoms with Crippen LogP contribution in [-0.2, 0) is 0 Å². The first-order chi connectivity index (χ1) is 9.49. The van der Waals surface area contributed by atoms with Gasteiger partial charge in [-0.25, -0.2) is 4.39 Å². The molecule has 0 saturated heterocycles. The summed E-state index contributed by atoms with van der Waals surface area (Å²) in [6.45, 7) is 0.349. The Morgan fingerprint density at radius 3 is 2.55 bits per heavy atom. The van der Waals surface area contributed by atoms with Crippen LogP contribution in [0.5, 0.6) is 0 Å². The number of anilines is 1. The maximum Gasteiger partial charge on any atom is 0.126 e. The Morgan fingerprint density at radius 2 is 1.95 bits per heavy atom. The van der Waals surface area contributed by atoms with Crippen LogP contribution in [0, 0.1) is 5.82 Å². The van der Waals surface area contributed by atoms with Gasteiger partial charge in [0, 0.05) is 21.7 Å². The van der Waals surface area contributed by atoms with Crippen molar-refractivity contribution in [3.63, 3.8) is 0 Å². The van der Waals surface area contributed by atoms with E-state index in [-0.39, 0.29) is 6.04 Å². The van der Waals surface area contributed by atoms with Crippen LogP contribution in [0.15, 0.2) is 40.9 Å². The zero-order chi connectivity index (χ0) is 14.7. The number of hydrogen-bond acceptors (Lipinski definition) is 2. The summed E-state index contributed by atoms with van der Waals surface area (Å²) in [5, 5.41) is 4.12. The Labute approximate surface area is 135 Å². The first-order valence-corrected chi connectivity index (χ1v) is 7.42. The highest BCUT2D eigenvalue weighted by Gasteiger charge is 2.12. The van der Waals surface area contributed by atoms with Crippen molar-refractivity contribution < 1.29 is 4.39 Å². The molecule has 0 radical (unpaired) electrons. The van der Waals surface area contributed by atoms with Crippen molar-refractivity contribution in [1.29, 1.82) is 0 Å². The SMILES string of the molecule is NCC(Nc1cc(F)cc(Cl)c1)c1ccc(Cl)c(Br)c1. The van der Waals surface area contributed by atoms with Crippen molar-refractivity contribution in [1.82, 2.24) is 0 Å². The van der Waals surface area contributed by atoms with E-state index in [1.807, 2.05) is 12.1 Å². The van der Waals surface area contributed by atoms with Gasteiger partial charge in [-0.3, -0.25) is 0 Å². The standard InChI is InChI=1S/C14H12BrCl2FN2/c15-12-3-8(1-2-13(12)17)14(7-19)20-11-5-9(16)4-10(18)6-11/h1-6,14,20H,7,19H2. The van der Waals surface area contributed by atoms with E-state index in [1.54, 1.807) is 12.1 Å². The molecule has 0 amide bonds. The minimum absolute atomic E-state index is 0.165. The van der Waals surface area contributed by atoms with E-state index in [1.165, 1.54) is 12.1 Å². The topological polar surface area (TPSA) is 38.0 Å². The number of rotatable bonds is 4. The fourth-order valence-corrected chi connectivity index (χ4v) is 2.58. The second-order valence-corrected chi connectivity index (χ2v) is 5.96. The van der Waals surface area contributed by atoms with Crippen LogP contribution in [0.25, 0.3) is 0 Å². The maximum absolute atomic E-state index is 13.3. The Hall–Kier alpha value is -0.810. The summed E-state index contributed by atoms with van der Waals surface area (Å²) in [5.74, 6) is -0.395. The molecule has 0 bridgehead atoms. The van der Waals surface area contributed by atoms with E-state index in [2.05, 4.69) is 21.2 Å². The molecule has 20 heavy (non-hydrogen) atoms. The minimum atomic E-state index is -0.395. The summed E-state index contributed by atoms with van der Waals surface area (Å²) in [6, 6.07) is 9.65. The predicted molar refractivity (Wildman–Crippen MR) is 86.0 cm³/mol. The second-order valence-electron chi connectivity index (χ2n) is 4.26. The van der Waals surface area contributed by atoms with E-state index < -0.39 is 5.82 Å². The summed E-state index contributed by atoms with van der Waals surface area (Å²) in [7, 11) is 0. The molecule has 2 nitrogen and oxygen atoms in total. The van der Waals surface area contributed by atoms with Crippen molar-refractivity contribution in [2.75, 3.05) is 11.9 Å². The molecule has 0 aliphatic carbocycles. The van der Waals surface area contributed by atoms with Gasteiger partial charge >= 0.3 is 0 Å². The van der Waals surface area contributed by atoms with Gasteiger partial charge in [-0.2, -0.15) is 0 Å². The van der Waals surface area contributed by atoms with Crippen LogP contribution < -0.4 is 11.1 Å². The summed E-state index contributed by atoms with van der Waals surface area (Å²) < 4.78 is 14.1. The lowest BCUT2D eigenvalue weighted by molar-refractivity contribution is 0.627. The number of benzene rings is 2. The zero-order valence-electron chi connectivity index (χ0n) is 10.3. The third-order valence-electron chi connectivity index (χ3n) is 2.79. The highest BCUT2D eigenvalue weighted by molar-refractivity contribution is 9.10. The molecule has 0 spiro atoms. The molecule has 6 heteroatoms. The quantitative estimate of drug-likeness (QED) is 0.786. The lowest BCUT2D eigenvalue weighted by Gasteiger charge is -2.19. The maximum atomic E-state index is 13.3. The monoisotopic (exact) mass is 376 g/mol. The summed E-state index contributed by atoms with van der Waals surface area (Å²) in [5.41, 5.74) is 7.31. The van der Waals surface area contributed by atoms with Gasteiger partial charge in [0.2, 0.25) is 0 Å². The first kappa shape index (κ1) is 15.6. The molecule has 0 aliphatic rings. The van der Waals surface area contributed by atoms with Crippen molar-refractivity contribution in [3.05, 3.63) is 62.3 Å². The van der Waals surface area contributed by atoms with Crippen LogP contribution >= 0.6 is 39.1 Å². The molecular formula is C14H12BrCl2FN2. The minimum Gasteiger partial charge on any atom is -0.377 e. The lowest BCUT2D eigenvalue weighted by Crippen LogP contribution is -2.20. The van der Waals surface area contributed by atoms with Crippen molar-refractivity contribution in [3.8, 4) is 0 Å². The summed E-state index contributed by atoms with van der Waals surface area (Å²) in [6.07, 6.45) is 0. The van der Waals surface area contributed by atoms with E-state index >= 15 is 0 Å². The zero-order valence-corrected chi connectivity index (χ0v) is 13.4. The van der Waals surface area contributed by atoms with Gasteiger partial charge in [-0.1, -0.05) is 29.3 Å². The van der Waals surface area contributed by atoms with Gasteiger partial charge in [-0.05, 0) is 51.8 Å². The molecule has 1 atom stereocenters. The number of nitrogens with one attached hydrogen (secondary N) is 1. The van der Waals surface area contributed by atoms with E-state index in [0.717, 1.165) is 10.0 Å². The number of halogens is 4. The van der Waals surface area contributed by atoms with Crippen molar-refractivity contribution >= 4 is 44.8 Å². The Kier molecular flexibility index (Phi) is 5.27. The highest BCUT2D eigenvalue weighted by atomic mass is 79.9. The largest absolute Gasteiger partial charge is 0.377 e. The predicted octanol–water partition coefficient (Wildman–Crippen LogP) is 5.01. The molecule has 1 unspecified atom stereocenters. The van der Waals surface area contributed by atoms with Crippen LogP contribution in [0.2, 0.25) is 10.0 Å². The van der Waals surface area contributed by atoms with E-state index in [4.69, 9.17) is 28.9 Å². The second kappa shape index (κ2) is 6.76. The van der Waals surface area contributed by atoms with Crippen LogP contribution in [-0.4, -0.2) is 6.54 Å². The average Bonchev–Trinajstić information content (AvgIpc) is 2.38. The third-order valence-corrected chi connectivity index (χ3v) is 4.22. The number of nitrogens with two attached hydrogens (primary N) is 1. The molecule has 3 N–H and O–H groups in total. The van der Waals surface area contributed by atoms with Gasteiger partial charge < -0.3 is 11.1 Å². The normalized spacial score (nSPS) is 12.2. The van der Waals surface area contributed by atoms with Gasteiger partial charge in [-0.15, -0.1) is 0 Å². The average molecular weight is 378 g/mol. The van der Waals surface area contributed by atoms with Crippen LogP contribution in [0.1, 0.15) is 11.6 Å². The molecule has 2 aromatic carbocycles. The first-order valence-electron chi connectivity index (χ1n) is 5.87. The van der Waals surface area contributed by atoms with Gasteiger partial charge in [0.15, 0.2) is 0 Å².